The summed E-state index contributed by atoms with van der Waals surface area (Å²) in [5.41, 5.74) is 0. The third kappa shape index (κ3) is 4.18. The van der Waals surface area contributed by atoms with Crippen molar-refractivity contribution >= 4 is 7.85 Å². The topological polar surface area (TPSA) is 0 Å². The van der Waals surface area contributed by atoms with E-state index in [1.807, 2.05) is 0 Å². The first kappa shape index (κ1) is 12.1. The van der Waals surface area contributed by atoms with Crippen LogP contribution in [0.25, 0.3) is 0 Å². The van der Waals surface area contributed by atoms with E-state index >= 15 is 0 Å². The Balaban J connectivity index is 3.93. The number of rotatable bonds is 4. The summed E-state index contributed by atoms with van der Waals surface area (Å²) >= 11 is 0. The summed E-state index contributed by atoms with van der Waals surface area (Å²) < 4.78 is 0. The molecule has 0 amide bonds. The smallest absolute Gasteiger partial charge is 0.0669 e. The Bertz CT molecular complexity index is 121. The lowest BCUT2D eigenvalue weighted by molar-refractivity contribution is 0.293. The zero-order chi connectivity index (χ0) is 9.94. The van der Waals surface area contributed by atoms with Gasteiger partial charge in [0.25, 0.3) is 0 Å². The molecule has 12 heavy (non-hydrogen) atoms. The van der Waals surface area contributed by atoms with Gasteiger partial charge < -0.3 is 0 Å². The molecule has 0 bridgehead atoms. The predicted octanol–water partition coefficient (Wildman–Crippen LogP) is 3.14. The van der Waals surface area contributed by atoms with Gasteiger partial charge in [0.1, 0.15) is 7.85 Å². The molecule has 0 rings (SSSR count). The standard InChI is InChI=1S/C11H25B/c1-8(2)9(3)7-10(4)11(5,6)12/h8-10H,7,12H2,1-6H3. The van der Waals surface area contributed by atoms with Crippen molar-refractivity contribution in [3.05, 3.63) is 0 Å². The summed E-state index contributed by atoms with van der Waals surface area (Å²) in [4.78, 5) is 0. The van der Waals surface area contributed by atoms with Crippen LogP contribution in [0.2, 0.25) is 5.31 Å². The zero-order valence-corrected chi connectivity index (χ0v) is 9.94. The summed E-state index contributed by atoms with van der Waals surface area (Å²) in [5, 5.41) is 0.475. The van der Waals surface area contributed by atoms with Crippen molar-refractivity contribution < 1.29 is 0 Å². The molecular formula is C11H25B. The normalized spacial score (nSPS) is 17.9. The van der Waals surface area contributed by atoms with Crippen LogP contribution in [0.1, 0.15) is 48.0 Å². The number of hydrogen-bond donors (Lipinski definition) is 0. The minimum atomic E-state index is 0.475. The van der Waals surface area contributed by atoms with Crippen LogP contribution in [0.3, 0.4) is 0 Å². The third-order valence-corrected chi connectivity index (χ3v) is 3.34. The zero-order valence-electron chi connectivity index (χ0n) is 9.94. The van der Waals surface area contributed by atoms with Crippen LogP contribution in [-0.4, -0.2) is 7.85 Å². The monoisotopic (exact) mass is 168 g/mol. The molecule has 2 atom stereocenters. The van der Waals surface area contributed by atoms with E-state index in [0.29, 0.717) is 5.31 Å². The molecule has 2 unspecified atom stereocenters. The predicted molar refractivity (Wildman–Crippen MR) is 60.4 cm³/mol. The average Bonchev–Trinajstić information content (AvgIpc) is 1.85. The van der Waals surface area contributed by atoms with Gasteiger partial charge in [-0.25, -0.2) is 0 Å². The van der Waals surface area contributed by atoms with Gasteiger partial charge in [-0.15, -0.1) is 0 Å². The molecule has 0 radical (unpaired) electrons. The first-order valence-electron chi connectivity index (χ1n) is 5.25. The van der Waals surface area contributed by atoms with Crippen molar-refractivity contribution in [1.82, 2.24) is 0 Å². The Morgan fingerprint density at radius 3 is 1.75 bits per heavy atom. The van der Waals surface area contributed by atoms with Crippen LogP contribution >= 0.6 is 0 Å². The molecule has 0 heterocycles. The van der Waals surface area contributed by atoms with Gasteiger partial charge in [-0.1, -0.05) is 46.9 Å². The van der Waals surface area contributed by atoms with E-state index in [2.05, 4.69) is 49.4 Å². The van der Waals surface area contributed by atoms with Gasteiger partial charge in [0.15, 0.2) is 0 Å². The fourth-order valence-electron chi connectivity index (χ4n) is 1.18. The number of hydrogen-bond acceptors (Lipinski definition) is 0. The molecule has 1 heteroatoms. The first-order valence-corrected chi connectivity index (χ1v) is 5.25. The third-order valence-electron chi connectivity index (χ3n) is 3.34. The van der Waals surface area contributed by atoms with Gasteiger partial charge in [0.05, 0.1) is 0 Å². The summed E-state index contributed by atoms with van der Waals surface area (Å²) in [6, 6.07) is 0. The SMILES string of the molecule is BC(C)(C)C(C)CC(C)C(C)C. The maximum absolute atomic E-state index is 2.37. The van der Waals surface area contributed by atoms with Crippen LogP contribution in [0.15, 0.2) is 0 Å². The van der Waals surface area contributed by atoms with Gasteiger partial charge in [-0.2, -0.15) is 0 Å². The van der Waals surface area contributed by atoms with E-state index in [-0.39, 0.29) is 0 Å². The second-order valence-electron chi connectivity index (χ2n) is 5.72. The van der Waals surface area contributed by atoms with Crippen molar-refractivity contribution in [2.24, 2.45) is 17.8 Å². The molecule has 0 aromatic carbocycles. The molecule has 0 saturated carbocycles. The highest BCUT2D eigenvalue weighted by atomic mass is 14.2. The van der Waals surface area contributed by atoms with E-state index in [9.17, 15) is 0 Å². The van der Waals surface area contributed by atoms with E-state index < -0.39 is 0 Å². The second-order valence-corrected chi connectivity index (χ2v) is 5.72. The fraction of sp³-hybridized carbons (Fsp3) is 1.00. The van der Waals surface area contributed by atoms with Crippen molar-refractivity contribution in [2.45, 2.75) is 53.3 Å². The largest absolute Gasteiger partial charge is 0.109 e. The van der Waals surface area contributed by atoms with Crippen molar-refractivity contribution in [2.75, 3.05) is 0 Å². The Morgan fingerprint density at radius 1 is 1.08 bits per heavy atom. The molecule has 0 spiro atoms. The lowest BCUT2D eigenvalue weighted by atomic mass is 9.62. The fourth-order valence-corrected chi connectivity index (χ4v) is 1.18. The highest BCUT2D eigenvalue weighted by Gasteiger charge is 2.22. The highest BCUT2D eigenvalue weighted by molar-refractivity contribution is 6.14. The molecule has 0 N–H and O–H groups in total. The first-order chi connectivity index (χ1) is 5.25. The Kier molecular flexibility index (Phi) is 4.37. The van der Waals surface area contributed by atoms with E-state index in [1.165, 1.54) is 6.42 Å². The van der Waals surface area contributed by atoms with Crippen LogP contribution in [0.5, 0.6) is 0 Å². The Morgan fingerprint density at radius 2 is 1.50 bits per heavy atom. The summed E-state index contributed by atoms with van der Waals surface area (Å²) in [5.74, 6) is 2.52. The Labute approximate surface area is 79.5 Å². The molecule has 0 aliphatic carbocycles. The lowest BCUT2D eigenvalue weighted by Crippen LogP contribution is -2.19. The van der Waals surface area contributed by atoms with Gasteiger partial charge in [-0.05, 0) is 24.2 Å². The summed E-state index contributed by atoms with van der Waals surface area (Å²) in [6.07, 6.45) is 1.36. The minimum absolute atomic E-state index is 0.475. The quantitative estimate of drug-likeness (QED) is 0.565. The molecule has 0 saturated heterocycles. The second kappa shape index (κ2) is 4.34. The van der Waals surface area contributed by atoms with Crippen molar-refractivity contribution in [1.29, 1.82) is 0 Å². The van der Waals surface area contributed by atoms with E-state index in [4.69, 9.17) is 0 Å². The van der Waals surface area contributed by atoms with Crippen LogP contribution in [-0.2, 0) is 0 Å². The molecule has 0 fully saturated rings. The minimum Gasteiger partial charge on any atom is -0.0669 e. The van der Waals surface area contributed by atoms with Gasteiger partial charge in [-0.3, -0.25) is 0 Å². The molecule has 0 nitrogen and oxygen atoms in total. The average molecular weight is 168 g/mol. The summed E-state index contributed by atoms with van der Waals surface area (Å²) in [7, 11) is 2.34. The van der Waals surface area contributed by atoms with Gasteiger partial charge in [0, 0.05) is 0 Å². The van der Waals surface area contributed by atoms with Crippen LogP contribution in [0, 0.1) is 17.8 Å². The van der Waals surface area contributed by atoms with Crippen molar-refractivity contribution in [3.8, 4) is 0 Å². The molecule has 0 aliphatic rings. The van der Waals surface area contributed by atoms with Crippen LogP contribution in [0.4, 0.5) is 0 Å². The molecular weight excluding hydrogens is 143 g/mol. The van der Waals surface area contributed by atoms with E-state index in [1.54, 1.807) is 0 Å². The molecule has 72 valence electrons. The van der Waals surface area contributed by atoms with Gasteiger partial charge >= 0.3 is 0 Å². The molecule has 0 aromatic rings. The van der Waals surface area contributed by atoms with E-state index in [0.717, 1.165) is 17.8 Å². The molecule has 0 aliphatic heterocycles. The maximum atomic E-state index is 2.37. The van der Waals surface area contributed by atoms with Gasteiger partial charge in [0.2, 0.25) is 0 Å². The maximum Gasteiger partial charge on any atom is 0.109 e. The highest BCUT2D eigenvalue weighted by Crippen LogP contribution is 2.35. The van der Waals surface area contributed by atoms with Crippen molar-refractivity contribution in [3.63, 3.8) is 0 Å². The molecule has 0 aromatic heterocycles. The lowest BCUT2D eigenvalue weighted by Gasteiger charge is -2.30. The summed E-state index contributed by atoms with van der Waals surface area (Å²) in [6.45, 7) is 14.1. The Hall–Kier alpha value is 0.0649. The van der Waals surface area contributed by atoms with Crippen LogP contribution < -0.4 is 0 Å².